The number of hydrogen-bond donors (Lipinski definition) is 1. The number of benzene rings is 1. The molecule has 1 N–H and O–H groups in total. The number of nitrogens with one attached hydrogen (secondary N) is 1. The molecule has 0 radical (unpaired) electrons. The number of esters is 1. The lowest BCUT2D eigenvalue weighted by Crippen LogP contribution is -2.32. The molecule has 0 heterocycles. The van der Waals surface area contributed by atoms with E-state index in [-0.39, 0.29) is 18.3 Å². The summed E-state index contributed by atoms with van der Waals surface area (Å²) < 4.78 is 10.1. The van der Waals surface area contributed by atoms with Crippen LogP contribution in [0.4, 0.5) is 4.79 Å². The van der Waals surface area contributed by atoms with E-state index in [0.717, 1.165) is 6.42 Å². The van der Waals surface area contributed by atoms with E-state index < -0.39 is 6.09 Å². The number of alkyl carbamates (subject to hydrolysis) is 1. The molecule has 0 aliphatic carbocycles. The molecule has 0 unspecified atom stereocenters. The van der Waals surface area contributed by atoms with Gasteiger partial charge in [-0.2, -0.15) is 0 Å². The number of carbonyl (C=O) groups is 2. The van der Waals surface area contributed by atoms with Crippen molar-refractivity contribution in [2.24, 2.45) is 11.8 Å². The predicted molar refractivity (Wildman–Crippen MR) is 84.7 cm³/mol. The lowest BCUT2D eigenvalue weighted by molar-refractivity contribution is -0.135. The molecule has 5 nitrogen and oxygen atoms in total. The van der Waals surface area contributed by atoms with Gasteiger partial charge in [-0.25, -0.2) is 4.79 Å². The Labute approximate surface area is 132 Å². The van der Waals surface area contributed by atoms with Gasteiger partial charge in [-0.05, 0) is 37.3 Å². The maximum absolute atomic E-state index is 12.0. The molecule has 1 aromatic rings. The second-order valence-electron chi connectivity index (χ2n) is 5.59. The first kappa shape index (κ1) is 18.0. The van der Waals surface area contributed by atoms with E-state index in [1.165, 1.54) is 0 Å². The summed E-state index contributed by atoms with van der Waals surface area (Å²) in [5.41, 5.74) is 0. The van der Waals surface area contributed by atoms with E-state index in [1.54, 1.807) is 19.1 Å². The summed E-state index contributed by atoms with van der Waals surface area (Å²) in [5.74, 6) is 0.704. The van der Waals surface area contributed by atoms with Crippen molar-refractivity contribution in [3.8, 4) is 5.75 Å². The first-order valence-electron chi connectivity index (χ1n) is 7.67. The number of rotatable bonds is 8. The molecule has 1 aromatic carbocycles. The van der Waals surface area contributed by atoms with Crippen LogP contribution in [0.3, 0.4) is 0 Å². The Balaban J connectivity index is 2.49. The molecule has 122 valence electrons. The van der Waals surface area contributed by atoms with Crippen LogP contribution in [0.25, 0.3) is 0 Å². The lowest BCUT2D eigenvalue weighted by atomic mass is 9.94. The Morgan fingerprint density at radius 2 is 1.86 bits per heavy atom. The van der Waals surface area contributed by atoms with Crippen LogP contribution >= 0.6 is 0 Å². The molecule has 0 aliphatic rings. The van der Waals surface area contributed by atoms with E-state index in [2.05, 4.69) is 19.2 Å². The van der Waals surface area contributed by atoms with Gasteiger partial charge in [0.1, 0.15) is 5.75 Å². The van der Waals surface area contributed by atoms with Crippen LogP contribution in [0.1, 0.15) is 33.6 Å². The molecule has 0 aromatic heterocycles. The molecule has 0 saturated carbocycles. The zero-order chi connectivity index (χ0) is 16.4. The minimum absolute atomic E-state index is 0.0284. The number of amides is 1. The Kier molecular flexibility index (Phi) is 8.04. The van der Waals surface area contributed by atoms with Crippen LogP contribution in [0.2, 0.25) is 0 Å². The van der Waals surface area contributed by atoms with Crippen molar-refractivity contribution >= 4 is 12.1 Å². The number of carbonyl (C=O) groups excluding carboxylic acids is 2. The van der Waals surface area contributed by atoms with Gasteiger partial charge in [0, 0.05) is 6.54 Å². The summed E-state index contributed by atoms with van der Waals surface area (Å²) in [4.78, 5) is 23.4. The van der Waals surface area contributed by atoms with Gasteiger partial charge in [-0.3, -0.25) is 4.79 Å². The maximum atomic E-state index is 12.0. The summed E-state index contributed by atoms with van der Waals surface area (Å²) in [6.45, 7) is 6.65. The van der Waals surface area contributed by atoms with Gasteiger partial charge in [0.05, 0.1) is 13.0 Å². The van der Waals surface area contributed by atoms with E-state index in [0.29, 0.717) is 24.8 Å². The zero-order valence-electron chi connectivity index (χ0n) is 13.5. The highest BCUT2D eigenvalue weighted by Crippen LogP contribution is 2.17. The predicted octanol–water partition coefficient (Wildman–Crippen LogP) is 3.39. The van der Waals surface area contributed by atoms with Gasteiger partial charge < -0.3 is 14.8 Å². The molecule has 0 aliphatic heterocycles. The summed E-state index contributed by atoms with van der Waals surface area (Å²) >= 11 is 0. The van der Waals surface area contributed by atoms with Crippen LogP contribution in [0.5, 0.6) is 5.75 Å². The molecule has 0 bridgehead atoms. The Hall–Kier alpha value is -2.04. The Morgan fingerprint density at radius 1 is 1.18 bits per heavy atom. The van der Waals surface area contributed by atoms with Gasteiger partial charge in [0.15, 0.2) is 0 Å². The van der Waals surface area contributed by atoms with E-state index in [4.69, 9.17) is 9.47 Å². The van der Waals surface area contributed by atoms with Crippen molar-refractivity contribution in [1.82, 2.24) is 5.32 Å². The van der Waals surface area contributed by atoms with E-state index >= 15 is 0 Å². The normalized spacial score (nSPS) is 11.8. The summed E-state index contributed by atoms with van der Waals surface area (Å²) in [6, 6.07) is 8.98. The SMILES string of the molecule is CCOC(=O)NC[C@H](CC(=O)Oc1ccccc1)CC(C)C. The van der Waals surface area contributed by atoms with Gasteiger partial charge >= 0.3 is 12.1 Å². The van der Waals surface area contributed by atoms with E-state index in [9.17, 15) is 9.59 Å². The van der Waals surface area contributed by atoms with E-state index in [1.807, 2.05) is 18.2 Å². The minimum atomic E-state index is -0.451. The van der Waals surface area contributed by atoms with Crippen LogP contribution in [0.15, 0.2) is 30.3 Å². The Bertz CT molecular complexity index is 459. The molecule has 0 fully saturated rings. The highest BCUT2D eigenvalue weighted by molar-refractivity contribution is 5.73. The van der Waals surface area contributed by atoms with Crippen molar-refractivity contribution in [3.05, 3.63) is 30.3 Å². The van der Waals surface area contributed by atoms with Crippen molar-refractivity contribution < 1.29 is 19.1 Å². The molecule has 1 atom stereocenters. The van der Waals surface area contributed by atoms with Crippen molar-refractivity contribution in [3.63, 3.8) is 0 Å². The topological polar surface area (TPSA) is 64.6 Å². The first-order chi connectivity index (χ1) is 10.5. The molecule has 1 amide bonds. The van der Waals surface area contributed by atoms with Gasteiger partial charge in [0.25, 0.3) is 0 Å². The quantitative estimate of drug-likeness (QED) is 0.590. The minimum Gasteiger partial charge on any atom is -0.450 e. The van der Waals surface area contributed by atoms with Gasteiger partial charge in [-0.1, -0.05) is 32.0 Å². The monoisotopic (exact) mass is 307 g/mol. The standard InChI is InChI=1S/C17H25NO4/c1-4-21-17(20)18-12-14(10-13(2)3)11-16(19)22-15-8-6-5-7-9-15/h5-9,13-14H,4,10-12H2,1-3H3,(H,18,20)/t14-/m0/s1. The molecule has 22 heavy (non-hydrogen) atoms. The largest absolute Gasteiger partial charge is 0.450 e. The van der Waals surface area contributed by atoms with Gasteiger partial charge in [0.2, 0.25) is 0 Å². The van der Waals surface area contributed by atoms with Gasteiger partial charge in [-0.15, -0.1) is 0 Å². The zero-order valence-corrected chi connectivity index (χ0v) is 13.5. The first-order valence-corrected chi connectivity index (χ1v) is 7.67. The second kappa shape index (κ2) is 9.82. The summed E-state index contributed by atoms with van der Waals surface area (Å²) in [7, 11) is 0. The fourth-order valence-electron chi connectivity index (χ4n) is 2.21. The number of hydrogen-bond acceptors (Lipinski definition) is 4. The third-order valence-corrected chi connectivity index (χ3v) is 3.05. The van der Waals surface area contributed by atoms with Crippen LogP contribution < -0.4 is 10.1 Å². The van der Waals surface area contributed by atoms with Crippen molar-refractivity contribution in [1.29, 1.82) is 0 Å². The van der Waals surface area contributed by atoms with Crippen LogP contribution in [0, 0.1) is 11.8 Å². The van der Waals surface area contributed by atoms with Crippen LogP contribution in [-0.2, 0) is 9.53 Å². The number of ether oxygens (including phenoxy) is 2. The third-order valence-electron chi connectivity index (χ3n) is 3.05. The van der Waals surface area contributed by atoms with Crippen LogP contribution in [-0.4, -0.2) is 25.2 Å². The molecule has 0 spiro atoms. The number of para-hydroxylation sites is 1. The molecule has 1 rings (SSSR count). The molecular weight excluding hydrogens is 282 g/mol. The van der Waals surface area contributed by atoms with Crippen molar-refractivity contribution in [2.45, 2.75) is 33.6 Å². The molecule has 5 heteroatoms. The summed E-state index contributed by atoms with van der Waals surface area (Å²) in [5, 5.41) is 2.69. The molecular formula is C17H25NO4. The molecule has 0 saturated heterocycles. The maximum Gasteiger partial charge on any atom is 0.407 e. The highest BCUT2D eigenvalue weighted by atomic mass is 16.5. The Morgan fingerprint density at radius 3 is 2.45 bits per heavy atom. The fraction of sp³-hybridized carbons (Fsp3) is 0.529. The fourth-order valence-corrected chi connectivity index (χ4v) is 2.21. The average Bonchev–Trinajstić information content (AvgIpc) is 2.45. The smallest absolute Gasteiger partial charge is 0.407 e. The summed E-state index contributed by atoms with van der Waals surface area (Å²) in [6.07, 6.45) is 0.642. The lowest BCUT2D eigenvalue weighted by Gasteiger charge is -2.18. The average molecular weight is 307 g/mol. The second-order valence-corrected chi connectivity index (χ2v) is 5.59. The third kappa shape index (κ3) is 7.67. The highest BCUT2D eigenvalue weighted by Gasteiger charge is 2.18. The van der Waals surface area contributed by atoms with Crippen molar-refractivity contribution in [2.75, 3.05) is 13.2 Å².